The average molecular weight is 262 g/mol. The van der Waals surface area contributed by atoms with E-state index in [4.69, 9.17) is 5.73 Å². The van der Waals surface area contributed by atoms with Gasteiger partial charge in [0.2, 0.25) is 0 Å². The van der Waals surface area contributed by atoms with Crippen molar-refractivity contribution in [1.29, 1.82) is 0 Å². The topological polar surface area (TPSA) is 73.7 Å². The lowest BCUT2D eigenvalue weighted by molar-refractivity contribution is 0.705. The van der Waals surface area contributed by atoms with E-state index in [2.05, 4.69) is 22.4 Å². The fourth-order valence-electron chi connectivity index (χ4n) is 2.18. The molecule has 0 saturated heterocycles. The van der Waals surface area contributed by atoms with E-state index in [-0.39, 0.29) is 0 Å². The van der Waals surface area contributed by atoms with Gasteiger partial charge in [0.1, 0.15) is 5.82 Å². The first-order valence-electron chi connectivity index (χ1n) is 6.65. The highest BCUT2D eigenvalue weighted by Crippen LogP contribution is 2.22. The van der Waals surface area contributed by atoms with Crippen LogP contribution in [0, 0.1) is 0 Å². The predicted molar refractivity (Wildman–Crippen MR) is 77.0 cm³/mol. The number of nitrogens with one attached hydrogen (secondary N) is 1. The third-order valence-electron chi connectivity index (χ3n) is 3.24. The summed E-state index contributed by atoms with van der Waals surface area (Å²) < 4.78 is 3.71. The normalized spacial score (nSPS) is 10.9. The van der Waals surface area contributed by atoms with Gasteiger partial charge in [-0.15, -0.1) is 0 Å². The SMILES string of the molecule is CCCc1nn(C)c(NCCc2ccnn2C)c1N. The zero-order valence-electron chi connectivity index (χ0n) is 11.8. The maximum atomic E-state index is 6.12. The lowest BCUT2D eigenvalue weighted by Crippen LogP contribution is -2.11. The highest BCUT2D eigenvalue weighted by atomic mass is 15.3. The fourth-order valence-corrected chi connectivity index (χ4v) is 2.18. The molecular weight excluding hydrogens is 240 g/mol. The molecule has 3 N–H and O–H groups in total. The van der Waals surface area contributed by atoms with Crippen LogP contribution in [0.25, 0.3) is 0 Å². The Balaban J connectivity index is 1.98. The van der Waals surface area contributed by atoms with Gasteiger partial charge < -0.3 is 11.1 Å². The van der Waals surface area contributed by atoms with E-state index in [9.17, 15) is 0 Å². The van der Waals surface area contributed by atoms with Crippen molar-refractivity contribution < 1.29 is 0 Å². The third kappa shape index (κ3) is 2.89. The average Bonchev–Trinajstić information content (AvgIpc) is 2.89. The number of nitrogen functional groups attached to an aromatic ring is 1. The Morgan fingerprint density at radius 2 is 2.05 bits per heavy atom. The number of aromatic nitrogens is 4. The first-order valence-corrected chi connectivity index (χ1v) is 6.65. The Hall–Kier alpha value is -1.98. The zero-order chi connectivity index (χ0) is 13.8. The number of hydrogen-bond donors (Lipinski definition) is 2. The summed E-state index contributed by atoms with van der Waals surface area (Å²) in [5, 5.41) is 12.0. The van der Waals surface area contributed by atoms with Crippen LogP contribution in [0.1, 0.15) is 24.7 Å². The summed E-state index contributed by atoms with van der Waals surface area (Å²) in [6, 6.07) is 2.02. The highest BCUT2D eigenvalue weighted by Gasteiger charge is 2.12. The van der Waals surface area contributed by atoms with Gasteiger partial charge in [-0.3, -0.25) is 9.36 Å². The Morgan fingerprint density at radius 1 is 1.26 bits per heavy atom. The molecule has 6 nitrogen and oxygen atoms in total. The van der Waals surface area contributed by atoms with Gasteiger partial charge in [-0.05, 0) is 12.5 Å². The largest absolute Gasteiger partial charge is 0.394 e. The summed E-state index contributed by atoms with van der Waals surface area (Å²) in [6.07, 6.45) is 4.69. The molecule has 0 fully saturated rings. The van der Waals surface area contributed by atoms with E-state index in [0.717, 1.165) is 43.0 Å². The van der Waals surface area contributed by atoms with Crippen molar-refractivity contribution in [2.75, 3.05) is 17.6 Å². The van der Waals surface area contributed by atoms with Crippen molar-refractivity contribution in [3.63, 3.8) is 0 Å². The van der Waals surface area contributed by atoms with Crippen LogP contribution in [0.5, 0.6) is 0 Å². The van der Waals surface area contributed by atoms with Crippen molar-refractivity contribution in [3.8, 4) is 0 Å². The van der Waals surface area contributed by atoms with Crippen LogP contribution in [-0.4, -0.2) is 26.1 Å². The van der Waals surface area contributed by atoms with Crippen LogP contribution < -0.4 is 11.1 Å². The molecule has 0 aliphatic heterocycles. The molecule has 2 aromatic heterocycles. The number of hydrogen-bond acceptors (Lipinski definition) is 4. The Bertz CT molecular complexity index is 539. The van der Waals surface area contributed by atoms with E-state index in [1.165, 1.54) is 5.69 Å². The van der Waals surface area contributed by atoms with Crippen LogP contribution in [0.15, 0.2) is 12.3 Å². The van der Waals surface area contributed by atoms with Gasteiger partial charge in [-0.2, -0.15) is 10.2 Å². The number of nitrogens with two attached hydrogens (primary N) is 1. The zero-order valence-corrected chi connectivity index (χ0v) is 11.8. The molecule has 19 heavy (non-hydrogen) atoms. The molecule has 6 heteroatoms. The number of nitrogens with zero attached hydrogens (tertiary/aromatic N) is 4. The third-order valence-corrected chi connectivity index (χ3v) is 3.24. The van der Waals surface area contributed by atoms with Crippen molar-refractivity contribution in [3.05, 3.63) is 23.7 Å². The quantitative estimate of drug-likeness (QED) is 0.824. The second kappa shape index (κ2) is 5.77. The molecule has 0 aromatic carbocycles. The molecule has 0 spiro atoms. The number of anilines is 2. The molecule has 0 bridgehead atoms. The highest BCUT2D eigenvalue weighted by molar-refractivity contribution is 5.65. The molecule has 0 aliphatic carbocycles. The molecule has 0 saturated carbocycles. The summed E-state index contributed by atoms with van der Waals surface area (Å²) in [7, 11) is 3.87. The molecule has 2 heterocycles. The van der Waals surface area contributed by atoms with E-state index in [1.54, 1.807) is 0 Å². The molecule has 0 radical (unpaired) electrons. The number of rotatable bonds is 6. The molecule has 0 aliphatic rings. The van der Waals surface area contributed by atoms with Crippen LogP contribution in [-0.2, 0) is 26.9 Å². The summed E-state index contributed by atoms with van der Waals surface area (Å²) in [5.41, 5.74) is 9.06. The van der Waals surface area contributed by atoms with Crippen molar-refractivity contribution in [2.45, 2.75) is 26.2 Å². The molecule has 104 valence electrons. The lowest BCUT2D eigenvalue weighted by Gasteiger charge is -2.07. The molecule has 2 rings (SSSR count). The smallest absolute Gasteiger partial charge is 0.147 e. The molecular formula is C13H22N6. The lowest BCUT2D eigenvalue weighted by atomic mass is 10.2. The van der Waals surface area contributed by atoms with Crippen LogP contribution in [0.2, 0.25) is 0 Å². The Morgan fingerprint density at radius 3 is 2.68 bits per heavy atom. The Labute approximate surface area is 113 Å². The van der Waals surface area contributed by atoms with Crippen molar-refractivity contribution in [2.24, 2.45) is 14.1 Å². The van der Waals surface area contributed by atoms with E-state index in [0.29, 0.717) is 0 Å². The summed E-state index contributed by atoms with van der Waals surface area (Å²) >= 11 is 0. The monoisotopic (exact) mass is 262 g/mol. The van der Waals surface area contributed by atoms with Gasteiger partial charge in [0.05, 0.1) is 11.4 Å². The first kappa shape index (κ1) is 13.5. The van der Waals surface area contributed by atoms with Crippen molar-refractivity contribution in [1.82, 2.24) is 19.6 Å². The molecule has 2 aromatic rings. The van der Waals surface area contributed by atoms with Gasteiger partial charge in [-0.25, -0.2) is 0 Å². The molecule has 0 amide bonds. The summed E-state index contributed by atoms with van der Waals surface area (Å²) in [6.45, 7) is 2.94. The van der Waals surface area contributed by atoms with Crippen molar-refractivity contribution >= 4 is 11.5 Å². The molecule has 0 unspecified atom stereocenters. The van der Waals surface area contributed by atoms with Gasteiger partial charge in [0, 0.05) is 39.0 Å². The van der Waals surface area contributed by atoms with Crippen LogP contribution in [0.4, 0.5) is 11.5 Å². The van der Waals surface area contributed by atoms with E-state index >= 15 is 0 Å². The predicted octanol–water partition coefficient (Wildman–Crippen LogP) is 1.34. The minimum absolute atomic E-state index is 0.773. The summed E-state index contributed by atoms with van der Waals surface area (Å²) in [4.78, 5) is 0. The second-order valence-corrected chi connectivity index (χ2v) is 4.71. The minimum Gasteiger partial charge on any atom is -0.394 e. The van der Waals surface area contributed by atoms with E-state index < -0.39 is 0 Å². The number of aryl methyl sites for hydroxylation is 3. The van der Waals surface area contributed by atoms with E-state index in [1.807, 2.05) is 35.7 Å². The maximum absolute atomic E-state index is 6.12. The van der Waals surface area contributed by atoms with Gasteiger partial charge in [0.15, 0.2) is 0 Å². The van der Waals surface area contributed by atoms with Crippen LogP contribution >= 0.6 is 0 Å². The second-order valence-electron chi connectivity index (χ2n) is 4.71. The van der Waals surface area contributed by atoms with Crippen LogP contribution in [0.3, 0.4) is 0 Å². The standard InChI is InChI=1S/C13H22N6/c1-4-5-11-12(14)13(19(3)17-11)15-8-6-10-7-9-16-18(10)2/h7,9,15H,4-6,8,14H2,1-3H3. The maximum Gasteiger partial charge on any atom is 0.147 e. The fraction of sp³-hybridized carbons (Fsp3) is 0.538. The minimum atomic E-state index is 0.773. The Kier molecular flexibility index (Phi) is 4.09. The first-order chi connectivity index (χ1) is 9.13. The summed E-state index contributed by atoms with van der Waals surface area (Å²) in [5.74, 6) is 0.908. The molecule has 0 atom stereocenters. The van der Waals surface area contributed by atoms with Gasteiger partial charge in [0.25, 0.3) is 0 Å². The van der Waals surface area contributed by atoms with Gasteiger partial charge >= 0.3 is 0 Å². The van der Waals surface area contributed by atoms with Gasteiger partial charge in [-0.1, -0.05) is 13.3 Å².